The minimum atomic E-state index is -0.383. The van der Waals surface area contributed by atoms with E-state index >= 15 is 0 Å². The number of aromatic nitrogens is 3. The molecule has 2 amide bonds. The Morgan fingerprint density at radius 1 is 1.14 bits per heavy atom. The van der Waals surface area contributed by atoms with E-state index in [4.69, 9.17) is 4.74 Å². The molecule has 2 heterocycles. The van der Waals surface area contributed by atoms with Gasteiger partial charge in [0, 0.05) is 17.0 Å². The first kappa shape index (κ1) is 26.9. The second kappa shape index (κ2) is 12.4. The van der Waals surface area contributed by atoms with Gasteiger partial charge in [0.1, 0.15) is 5.00 Å². The predicted molar refractivity (Wildman–Crippen MR) is 144 cm³/mol. The fourth-order valence-electron chi connectivity index (χ4n) is 4.32. The lowest BCUT2D eigenvalue weighted by Gasteiger charge is -2.15. The summed E-state index contributed by atoms with van der Waals surface area (Å²) in [5, 5.41) is 15.6. The molecule has 11 heteroatoms. The molecule has 0 radical (unpaired) electrons. The Kier molecular flexibility index (Phi) is 8.99. The Bertz CT molecular complexity index is 1270. The van der Waals surface area contributed by atoms with Crippen LogP contribution in [0.4, 0.5) is 5.00 Å². The van der Waals surface area contributed by atoms with Crippen LogP contribution in [-0.4, -0.2) is 44.9 Å². The Balaban J connectivity index is 1.42. The number of nitrogens with one attached hydrogen (secondary N) is 2. The van der Waals surface area contributed by atoms with Gasteiger partial charge < -0.3 is 19.9 Å². The summed E-state index contributed by atoms with van der Waals surface area (Å²) in [5.41, 5.74) is 2.09. The molecule has 0 unspecified atom stereocenters. The van der Waals surface area contributed by atoms with Crippen LogP contribution in [0.1, 0.15) is 76.6 Å². The maximum Gasteiger partial charge on any atom is 0.341 e. The first-order valence-electron chi connectivity index (χ1n) is 12.5. The highest BCUT2D eigenvalue weighted by atomic mass is 32.2. The van der Waals surface area contributed by atoms with Crippen LogP contribution in [-0.2, 0) is 28.9 Å². The predicted octanol–water partition coefficient (Wildman–Crippen LogP) is 4.64. The summed E-state index contributed by atoms with van der Waals surface area (Å²) >= 11 is 2.74. The maximum atomic E-state index is 12.9. The molecule has 0 bridgehead atoms. The standard InChI is InChI=1S/C26H31N5O4S2/c1-4-31-22(16(3)27-23(33)17-11-7-6-8-12-17)29-30-26(31)36-15-20(32)28-24-21(25(34)35-5-2)18-13-9-10-14-19(18)37-24/h6-8,11-12,16H,4-5,9-10,13-15H2,1-3H3,(H,27,33)(H,28,32)/t16-/m0/s1. The number of rotatable bonds is 10. The van der Waals surface area contributed by atoms with Crippen molar-refractivity contribution in [1.29, 1.82) is 0 Å². The van der Waals surface area contributed by atoms with Crippen molar-refractivity contribution in [3.05, 3.63) is 57.7 Å². The molecule has 0 saturated carbocycles. The Labute approximate surface area is 224 Å². The van der Waals surface area contributed by atoms with Crippen molar-refractivity contribution in [2.45, 2.75) is 64.2 Å². The fourth-order valence-corrected chi connectivity index (χ4v) is 6.43. The number of aryl methyl sites for hydroxylation is 1. The molecule has 37 heavy (non-hydrogen) atoms. The van der Waals surface area contributed by atoms with Crippen molar-refractivity contribution >= 4 is 45.9 Å². The molecule has 1 aromatic carbocycles. The third-order valence-corrected chi connectivity index (χ3v) is 8.24. The number of thioether (sulfide) groups is 1. The molecule has 2 N–H and O–H groups in total. The largest absolute Gasteiger partial charge is 0.462 e. The van der Waals surface area contributed by atoms with Gasteiger partial charge in [0.2, 0.25) is 5.91 Å². The zero-order valence-electron chi connectivity index (χ0n) is 21.2. The van der Waals surface area contributed by atoms with Gasteiger partial charge in [-0.3, -0.25) is 9.59 Å². The summed E-state index contributed by atoms with van der Waals surface area (Å²) in [6.45, 7) is 6.46. The van der Waals surface area contributed by atoms with E-state index in [1.807, 2.05) is 36.6 Å². The van der Waals surface area contributed by atoms with Crippen LogP contribution in [0.25, 0.3) is 0 Å². The first-order chi connectivity index (χ1) is 17.9. The van der Waals surface area contributed by atoms with E-state index in [-0.39, 0.29) is 36.2 Å². The zero-order valence-corrected chi connectivity index (χ0v) is 22.8. The van der Waals surface area contributed by atoms with Gasteiger partial charge in [0.25, 0.3) is 5.91 Å². The molecule has 1 aliphatic carbocycles. The van der Waals surface area contributed by atoms with Crippen molar-refractivity contribution in [2.24, 2.45) is 0 Å². The van der Waals surface area contributed by atoms with Crippen LogP contribution in [0.3, 0.4) is 0 Å². The quantitative estimate of drug-likeness (QED) is 0.284. The molecule has 4 rings (SSSR count). The number of ether oxygens (including phenoxy) is 1. The van der Waals surface area contributed by atoms with Crippen molar-refractivity contribution in [3.8, 4) is 0 Å². The van der Waals surface area contributed by atoms with Crippen LogP contribution in [0.2, 0.25) is 0 Å². The van der Waals surface area contributed by atoms with Gasteiger partial charge in [-0.05, 0) is 64.2 Å². The van der Waals surface area contributed by atoms with E-state index in [0.717, 1.165) is 36.1 Å². The van der Waals surface area contributed by atoms with Crippen molar-refractivity contribution in [3.63, 3.8) is 0 Å². The van der Waals surface area contributed by atoms with Crippen LogP contribution >= 0.6 is 23.1 Å². The molecule has 1 atom stereocenters. The number of esters is 1. The van der Waals surface area contributed by atoms with E-state index in [0.29, 0.717) is 33.7 Å². The van der Waals surface area contributed by atoms with Crippen molar-refractivity contribution in [2.75, 3.05) is 17.7 Å². The smallest absolute Gasteiger partial charge is 0.341 e. The minimum Gasteiger partial charge on any atom is -0.462 e. The molecule has 2 aromatic heterocycles. The highest BCUT2D eigenvalue weighted by Crippen LogP contribution is 2.38. The number of hydrogen-bond acceptors (Lipinski definition) is 8. The molecular weight excluding hydrogens is 510 g/mol. The van der Waals surface area contributed by atoms with Gasteiger partial charge in [0.15, 0.2) is 11.0 Å². The number of amides is 2. The van der Waals surface area contributed by atoms with E-state index < -0.39 is 0 Å². The molecule has 196 valence electrons. The number of thiophene rings is 1. The van der Waals surface area contributed by atoms with Crippen LogP contribution in [0, 0.1) is 0 Å². The number of anilines is 1. The summed E-state index contributed by atoms with van der Waals surface area (Å²) in [6, 6.07) is 8.63. The summed E-state index contributed by atoms with van der Waals surface area (Å²) in [5.74, 6) is -0.0830. The summed E-state index contributed by atoms with van der Waals surface area (Å²) in [7, 11) is 0. The molecule has 0 saturated heterocycles. The van der Waals surface area contributed by atoms with E-state index in [1.54, 1.807) is 19.1 Å². The monoisotopic (exact) mass is 541 g/mol. The summed E-state index contributed by atoms with van der Waals surface area (Å²) in [6.07, 6.45) is 3.85. The zero-order chi connectivity index (χ0) is 26.4. The Morgan fingerprint density at radius 3 is 2.62 bits per heavy atom. The van der Waals surface area contributed by atoms with Crippen LogP contribution in [0.15, 0.2) is 35.5 Å². The van der Waals surface area contributed by atoms with Gasteiger partial charge in [-0.25, -0.2) is 4.79 Å². The van der Waals surface area contributed by atoms with Crippen molar-refractivity contribution < 1.29 is 19.1 Å². The SMILES string of the molecule is CCOC(=O)c1c(NC(=O)CSc2nnc([C@H](C)NC(=O)c3ccccc3)n2CC)sc2c1CCCC2. The minimum absolute atomic E-state index is 0.105. The molecule has 0 spiro atoms. The van der Waals surface area contributed by atoms with E-state index in [1.165, 1.54) is 23.1 Å². The van der Waals surface area contributed by atoms with E-state index in [2.05, 4.69) is 20.8 Å². The summed E-state index contributed by atoms with van der Waals surface area (Å²) < 4.78 is 7.17. The molecule has 0 aliphatic heterocycles. The fraction of sp³-hybridized carbons (Fsp3) is 0.423. The number of nitrogens with zero attached hydrogens (tertiary/aromatic N) is 3. The second-order valence-electron chi connectivity index (χ2n) is 8.62. The first-order valence-corrected chi connectivity index (χ1v) is 14.3. The van der Waals surface area contributed by atoms with E-state index in [9.17, 15) is 14.4 Å². The normalized spacial score (nSPS) is 13.5. The molecule has 9 nitrogen and oxygen atoms in total. The number of hydrogen-bond donors (Lipinski definition) is 2. The number of carbonyl (C=O) groups excluding carboxylic acids is 3. The number of carbonyl (C=O) groups is 3. The molecule has 0 fully saturated rings. The highest BCUT2D eigenvalue weighted by molar-refractivity contribution is 7.99. The number of fused-ring (bicyclic) bond motifs is 1. The third-order valence-electron chi connectivity index (χ3n) is 6.07. The third kappa shape index (κ3) is 6.22. The molecule has 3 aromatic rings. The van der Waals surface area contributed by atoms with Crippen LogP contribution in [0.5, 0.6) is 0 Å². The molecular formula is C26H31N5O4S2. The molecule has 1 aliphatic rings. The Hall–Kier alpha value is -3.18. The van der Waals surface area contributed by atoms with Crippen LogP contribution < -0.4 is 10.6 Å². The average Bonchev–Trinajstić information content (AvgIpc) is 3.48. The average molecular weight is 542 g/mol. The summed E-state index contributed by atoms with van der Waals surface area (Å²) in [4.78, 5) is 39.2. The highest BCUT2D eigenvalue weighted by Gasteiger charge is 2.27. The van der Waals surface area contributed by atoms with Gasteiger partial charge >= 0.3 is 5.97 Å². The van der Waals surface area contributed by atoms with Gasteiger partial charge in [-0.15, -0.1) is 21.5 Å². The number of benzene rings is 1. The topological polar surface area (TPSA) is 115 Å². The lowest BCUT2D eigenvalue weighted by molar-refractivity contribution is -0.113. The van der Waals surface area contributed by atoms with Crippen molar-refractivity contribution in [1.82, 2.24) is 20.1 Å². The van der Waals surface area contributed by atoms with Gasteiger partial charge in [-0.2, -0.15) is 0 Å². The Morgan fingerprint density at radius 2 is 1.89 bits per heavy atom. The second-order valence-corrected chi connectivity index (χ2v) is 10.7. The lowest BCUT2D eigenvalue weighted by atomic mass is 9.95. The van der Waals surface area contributed by atoms with Gasteiger partial charge in [0.05, 0.1) is 24.0 Å². The lowest BCUT2D eigenvalue weighted by Crippen LogP contribution is -2.28. The van der Waals surface area contributed by atoms with Gasteiger partial charge in [-0.1, -0.05) is 30.0 Å². The maximum absolute atomic E-state index is 12.9.